The van der Waals surface area contributed by atoms with Crippen molar-refractivity contribution in [3.63, 3.8) is 0 Å². The van der Waals surface area contributed by atoms with Crippen molar-refractivity contribution >= 4 is 16.9 Å². The molecule has 0 amide bonds. The van der Waals surface area contributed by atoms with Crippen molar-refractivity contribution in [2.24, 2.45) is 0 Å². The normalized spacial score (nSPS) is 10.8. The number of methoxy groups -OCH3 is 1. The van der Waals surface area contributed by atoms with E-state index in [4.69, 9.17) is 4.74 Å². The molecule has 0 aliphatic heterocycles. The lowest BCUT2D eigenvalue weighted by molar-refractivity contribution is 0.0593. The van der Waals surface area contributed by atoms with Crippen LogP contribution in [-0.4, -0.2) is 24.2 Å². The molecule has 0 fully saturated rings. The maximum atomic E-state index is 13.8. The highest BCUT2D eigenvalue weighted by atomic mass is 19.1. The second kappa shape index (κ2) is 5.22. The lowest BCUT2D eigenvalue weighted by Gasteiger charge is -2.13. The number of carbonyl (C=O) groups is 1. The number of benzene rings is 1. The van der Waals surface area contributed by atoms with E-state index >= 15 is 0 Å². The predicted molar refractivity (Wildman–Crippen MR) is 68.8 cm³/mol. The number of ether oxygens (including phenoxy) is 2. The molecule has 0 aliphatic carbocycles. The number of carbonyl (C=O) groups excluding carboxylic acids is 1. The average Bonchev–Trinajstić information content (AvgIpc) is 2.38. The summed E-state index contributed by atoms with van der Waals surface area (Å²) in [6.07, 6.45) is -0.0978. The molecule has 0 saturated carbocycles. The van der Waals surface area contributed by atoms with Crippen LogP contribution in [0.3, 0.4) is 0 Å². The third-order valence-corrected chi connectivity index (χ3v) is 2.51. The molecule has 0 spiro atoms. The van der Waals surface area contributed by atoms with Crippen LogP contribution in [0.4, 0.5) is 4.39 Å². The van der Waals surface area contributed by atoms with Gasteiger partial charge < -0.3 is 9.47 Å². The number of nitrogens with zero attached hydrogens (tertiary/aromatic N) is 1. The zero-order chi connectivity index (χ0) is 14.0. The van der Waals surface area contributed by atoms with E-state index in [-0.39, 0.29) is 17.3 Å². The Morgan fingerprint density at radius 3 is 2.74 bits per heavy atom. The van der Waals surface area contributed by atoms with Crippen LogP contribution in [0.2, 0.25) is 0 Å². The van der Waals surface area contributed by atoms with Gasteiger partial charge in [-0.25, -0.2) is 14.2 Å². The molecule has 0 bridgehead atoms. The monoisotopic (exact) mass is 263 g/mol. The highest BCUT2D eigenvalue weighted by Gasteiger charge is 2.16. The lowest BCUT2D eigenvalue weighted by atomic mass is 10.1. The highest BCUT2D eigenvalue weighted by Crippen LogP contribution is 2.28. The van der Waals surface area contributed by atoms with E-state index in [0.29, 0.717) is 11.1 Å². The summed E-state index contributed by atoms with van der Waals surface area (Å²) in [5, 5.41) is 0.529. The number of pyridine rings is 1. The summed E-state index contributed by atoms with van der Waals surface area (Å²) in [7, 11) is 1.25. The number of rotatable bonds is 3. The van der Waals surface area contributed by atoms with Crippen LogP contribution in [0, 0.1) is 5.82 Å². The Hall–Kier alpha value is -2.17. The van der Waals surface area contributed by atoms with Gasteiger partial charge in [0.05, 0.1) is 13.2 Å². The van der Waals surface area contributed by atoms with E-state index in [1.54, 1.807) is 12.1 Å². The van der Waals surface area contributed by atoms with E-state index in [0.717, 1.165) is 0 Å². The number of aromatic nitrogens is 1. The minimum Gasteiger partial charge on any atom is -0.490 e. The van der Waals surface area contributed by atoms with Gasteiger partial charge >= 0.3 is 5.97 Å². The molecule has 1 aromatic carbocycles. The Kier molecular flexibility index (Phi) is 3.64. The van der Waals surface area contributed by atoms with Crippen molar-refractivity contribution in [1.82, 2.24) is 4.98 Å². The van der Waals surface area contributed by atoms with E-state index < -0.39 is 11.8 Å². The number of esters is 1. The standard InChI is InChI=1S/C14H14FNO3/c1-8(2)19-12-7-11(14(17)18-3)16-13-9(12)5-4-6-10(13)15/h4-8H,1-3H3. The molecule has 1 aromatic heterocycles. The van der Waals surface area contributed by atoms with Gasteiger partial charge in [0.25, 0.3) is 0 Å². The molecule has 100 valence electrons. The van der Waals surface area contributed by atoms with Crippen LogP contribution in [0.25, 0.3) is 10.9 Å². The molecule has 1 heterocycles. The summed E-state index contributed by atoms with van der Waals surface area (Å²) in [5.41, 5.74) is 0.122. The first-order chi connectivity index (χ1) is 9.02. The van der Waals surface area contributed by atoms with Crippen molar-refractivity contribution < 1.29 is 18.7 Å². The Morgan fingerprint density at radius 2 is 2.11 bits per heavy atom. The van der Waals surface area contributed by atoms with Crippen molar-refractivity contribution in [1.29, 1.82) is 0 Å². The minimum absolute atomic E-state index is 0.0238. The van der Waals surface area contributed by atoms with E-state index in [1.165, 1.54) is 19.2 Å². The second-order valence-corrected chi connectivity index (χ2v) is 4.30. The second-order valence-electron chi connectivity index (χ2n) is 4.30. The number of hydrogen-bond donors (Lipinski definition) is 0. The molecule has 0 atom stereocenters. The number of fused-ring (bicyclic) bond motifs is 1. The van der Waals surface area contributed by atoms with Gasteiger partial charge in [0.1, 0.15) is 17.1 Å². The zero-order valence-electron chi connectivity index (χ0n) is 10.9. The maximum absolute atomic E-state index is 13.8. The first-order valence-corrected chi connectivity index (χ1v) is 5.87. The van der Waals surface area contributed by atoms with Gasteiger partial charge in [0.2, 0.25) is 0 Å². The van der Waals surface area contributed by atoms with Crippen LogP contribution in [0.5, 0.6) is 5.75 Å². The number of halogens is 1. The molecule has 2 rings (SSSR count). The minimum atomic E-state index is -0.626. The topological polar surface area (TPSA) is 48.4 Å². The summed E-state index contributed by atoms with van der Waals surface area (Å²) in [6.45, 7) is 3.70. The fraction of sp³-hybridized carbons (Fsp3) is 0.286. The largest absolute Gasteiger partial charge is 0.490 e. The molecule has 0 saturated heterocycles. The van der Waals surface area contributed by atoms with Gasteiger partial charge in [0.15, 0.2) is 5.69 Å². The third kappa shape index (κ3) is 2.65. The SMILES string of the molecule is COC(=O)c1cc(OC(C)C)c2cccc(F)c2n1. The molecular formula is C14H14FNO3. The molecule has 19 heavy (non-hydrogen) atoms. The molecular weight excluding hydrogens is 249 g/mol. The van der Waals surface area contributed by atoms with Gasteiger partial charge in [-0.2, -0.15) is 0 Å². The molecule has 0 unspecified atom stereocenters. The Balaban J connectivity index is 2.69. The van der Waals surface area contributed by atoms with Gasteiger partial charge in [0, 0.05) is 11.5 Å². The summed E-state index contributed by atoms with van der Waals surface area (Å²) in [4.78, 5) is 15.5. The van der Waals surface area contributed by atoms with Crippen LogP contribution in [-0.2, 0) is 4.74 Å². The Labute approximate surface area is 110 Å². The van der Waals surface area contributed by atoms with E-state index in [1.807, 2.05) is 13.8 Å². The van der Waals surface area contributed by atoms with Gasteiger partial charge in [-0.3, -0.25) is 0 Å². The van der Waals surface area contributed by atoms with Crippen LogP contribution >= 0.6 is 0 Å². The predicted octanol–water partition coefficient (Wildman–Crippen LogP) is 2.95. The number of hydrogen-bond acceptors (Lipinski definition) is 4. The quantitative estimate of drug-likeness (QED) is 0.799. The summed E-state index contributed by atoms with van der Waals surface area (Å²) >= 11 is 0. The van der Waals surface area contributed by atoms with Crippen LogP contribution in [0.15, 0.2) is 24.3 Å². The van der Waals surface area contributed by atoms with Gasteiger partial charge in [-0.05, 0) is 26.0 Å². The number of para-hydroxylation sites is 1. The molecule has 2 aromatic rings. The molecule has 0 radical (unpaired) electrons. The fourth-order valence-electron chi connectivity index (χ4n) is 1.74. The van der Waals surface area contributed by atoms with E-state index in [2.05, 4.69) is 9.72 Å². The van der Waals surface area contributed by atoms with Gasteiger partial charge in [-0.1, -0.05) is 6.07 Å². The Morgan fingerprint density at radius 1 is 1.37 bits per heavy atom. The summed E-state index contributed by atoms with van der Waals surface area (Å²) in [6, 6.07) is 6.03. The molecule has 4 nitrogen and oxygen atoms in total. The van der Waals surface area contributed by atoms with E-state index in [9.17, 15) is 9.18 Å². The maximum Gasteiger partial charge on any atom is 0.356 e. The first kappa shape index (κ1) is 13.3. The summed E-state index contributed by atoms with van der Waals surface area (Å²) in [5.74, 6) is -0.712. The third-order valence-electron chi connectivity index (χ3n) is 2.51. The van der Waals surface area contributed by atoms with Crippen LogP contribution in [0.1, 0.15) is 24.3 Å². The van der Waals surface area contributed by atoms with Crippen LogP contribution < -0.4 is 4.74 Å². The average molecular weight is 263 g/mol. The van der Waals surface area contributed by atoms with Crippen molar-refractivity contribution in [3.05, 3.63) is 35.8 Å². The van der Waals surface area contributed by atoms with Gasteiger partial charge in [-0.15, -0.1) is 0 Å². The smallest absolute Gasteiger partial charge is 0.356 e. The first-order valence-electron chi connectivity index (χ1n) is 5.87. The summed E-state index contributed by atoms with van der Waals surface area (Å²) < 4.78 is 24.0. The molecule has 0 N–H and O–H groups in total. The van der Waals surface area contributed by atoms with Crippen molar-refractivity contribution in [2.45, 2.75) is 20.0 Å². The molecule has 5 heteroatoms. The lowest BCUT2D eigenvalue weighted by Crippen LogP contribution is -2.10. The van der Waals surface area contributed by atoms with Crippen molar-refractivity contribution in [2.75, 3.05) is 7.11 Å². The zero-order valence-corrected chi connectivity index (χ0v) is 10.9. The highest BCUT2D eigenvalue weighted by molar-refractivity contribution is 5.94. The molecule has 0 aliphatic rings. The Bertz CT molecular complexity index is 625. The van der Waals surface area contributed by atoms with Crippen molar-refractivity contribution in [3.8, 4) is 5.75 Å². The fourth-order valence-corrected chi connectivity index (χ4v) is 1.74.